The number of nitro groups is 1. The van der Waals surface area contributed by atoms with Gasteiger partial charge in [0, 0.05) is 36.8 Å². The maximum Gasteiger partial charge on any atom is 0.270 e. The summed E-state index contributed by atoms with van der Waals surface area (Å²) in [5.41, 5.74) is 1.09. The van der Waals surface area contributed by atoms with Gasteiger partial charge in [-0.15, -0.1) is 0 Å². The van der Waals surface area contributed by atoms with Crippen molar-refractivity contribution in [2.75, 3.05) is 13.7 Å². The molecule has 5 heteroatoms. The van der Waals surface area contributed by atoms with Gasteiger partial charge >= 0.3 is 0 Å². The summed E-state index contributed by atoms with van der Waals surface area (Å²) < 4.78 is 5.44. The van der Waals surface area contributed by atoms with E-state index in [9.17, 15) is 10.1 Å². The number of rotatable bonds is 7. The second-order valence-electron chi connectivity index (χ2n) is 6.92. The molecule has 0 aliphatic heterocycles. The van der Waals surface area contributed by atoms with Crippen LogP contribution >= 0.6 is 0 Å². The van der Waals surface area contributed by atoms with Crippen molar-refractivity contribution in [3.8, 4) is 5.75 Å². The van der Waals surface area contributed by atoms with Crippen molar-refractivity contribution >= 4 is 5.69 Å². The van der Waals surface area contributed by atoms with Crippen LogP contribution in [0.4, 0.5) is 5.69 Å². The highest BCUT2D eigenvalue weighted by Crippen LogP contribution is 2.34. The maximum absolute atomic E-state index is 11.1. The first-order valence-corrected chi connectivity index (χ1v) is 8.72. The first kappa shape index (κ1) is 16.2. The third-order valence-corrected chi connectivity index (χ3v) is 5.13. The fourth-order valence-corrected chi connectivity index (χ4v) is 3.64. The zero-order valence-electron chi connectivity index (χ0n) is 13.9. The Hall–Kier alpha value is -1.62. The first-order chi connectivity index (χ1) is 11.2. The molecule has 2 fully saturated rings. The van der Waals surface area contributed by atoms with E-state index in [1.807, 2.05) is 0 Å². The lowest BCUT2D eigenvalue weighted by molar-refractivity contribution is -0.385. The third-order valence-electron chi connectivity index (χ3n) is 5.13. The molecule has 0 heterocycles. The number of nitro benzene ring substituents is 1. The predicted octanol–water partition coefficient (Wildman–Crippen LogP) is 4.15. The van der Waals surface area contributed by atoms with Gasteiger partial charge in [0.1, 0.15) is 5.75 Å². The lowest BCUT2D eigenvalue weighted by Crippen LogP contribution is -2.37. The summed E-state index contributed by atoms with van der Waals surface area (Å²) in [6.45, 7) is 1.88. The summed E-state index contributed by atoms with van der Waals surface area (Å²) >= 11 is 0. The summed E-state index contributed by atoms with van der Waals surface area (Å²) in [4.78, 5) is 13.3. The van der Waals surface area contributed by atoms with Gasteiger partial charge in [-0.05, 0) is 37.7 Å². The topological polar surface area (TPSA) is 55.6 Å². The van der Waals surface area contributed by atoms with Crippen LogP contribution in [-0.2, 0) is 6.54 Å². The molecule has 2 aliphatic rings. The number of benzene rings is 1. The zero-order valence-corrected chi connectivity index (χ0v) is 13.9. The SMILES string of the molecule is COc1ccc([N+](=O)[O-])cc1CN(CC1CC1)C1CCCCC1. The van der Waals surface area contributed by atoms with E-state index in [-0.39, 0.29) is 10.6 Å². The van der Waals surface area contributed by atoms with Gasteiger partial charge in [-0.3, -0.25) is 15.0 Å². The van der Waals surface area contributed by atoms with E-state index >= 15 is 0 Å². The Kier molecular flexibility index (Phi) is 5.16. The minimum atomic E-state index is -0.325. The fourth-order valence-electron chi connectivity index (χ4n) is 3.64. The summed E-state index contributed by atoms with van der Waals surface area (Å²) in [7, 11) is 1.64. The Bertz CT molecular complexity index is 551. The molecule has 0 saturated heterocycles. The predicted molar refractivity (Wildman–Crippen MR) is 89.7 cm³/mol. The van der Waals surface area contributed by atoms with Crippen LogP contribution in [0.15, 0.2) is 18.2 Å². The molecule has 23 heavy (non-hydrogen) atoms. The van der Waals surface area contributed by atoms with E-state index in [4.69, 9.17) is 4.74 Å². The molecule has 0 spiro atoms. The molecular weight excluding hydrogens is 292 g/mol. The van der Waals surface area contributed by atoms with Crippen LogP contribution in [0.2, 0.25) is 0 Å². The van der Waals surface area contributed by atoms with E-state index in [2.05, 4.69) is 4.90 Å². The van der Waals surface area contributed by atoms with Crippen LogP contribution in [-0.4, -0.2) is 29.5 Å². The zero-order chi connectivity index (χ0) is 16.2. The second-order valence-corrected chi connectivity index (χ2v) is 6.92. The van der Waals surface area contributed by atoms with Crippen LogP contribution in [0, 0.1) is 16.0 Å². The van der Waals surface area contributed by atoms with Crippen LogP contribution in [0.1, 0.15) is 50.5 Å². The lowest BCUT2D eigenvalue weighted by Gasteiger charge is -2.34. The molecule has 2 saturated carbocycles. The molecule has 0 N–H and O–H groups in total. The van der Waals surface area contributed by atoms with Crippen molar-refractivity contribution < 1.29 is 9.66 Å². The quantitative estimate of drug-likeness (QED) is 0.560. The number of ether oxygens (including phenoxy) is 1. The van der Waals surface area contributed by atoms with Gasteiger partial charge in [0.2, 0.25) is 0 Å². The molecule has 0 bridgehead atoms. The van der Waals surface area contributed by atoms with E-state index in [1.54, 1.807) is 19.2 Å². The van der Waals surface area contributed by atoms with Gasteiger partial charge in [-0.1, -0.05) is 19.3 Å². The summed E-state index contributed by atoms with van der Waals surface area (Å²) in [6, 6.07) is 5.55. The van der Waals surface area contributed by atoms with Crippen molar-refractivity contribution in [2.24, 2.45) is 5.92 Å². The lowest BCUT2D eigenvalue weighted by atomic mass is 9.93. The van der Waals surface area contributed by atoms with E-state index in [0.29, 0.717) is 6.04 Å². The summed E-state index contributed by atoms with van der Waals surface area (Å²) in [5, 5.41) is 11.1. The largest absolute Gasteiger partial charge is 0.496 e. The normalized spacial score (nSPS) is 19.0. The number of nitrogens with zero attached hydrogens (tertiary/aromatic N) is 2. The Morgan fingerprint density at radius 1 is 1.22 bits per heavy atom. The van der Waals surface area contributed by atoms with Gasteiger partial charge in [0.25, 0.3) is 5.69 Å². The van der Waals surface area contributed by atoms with Crippen molar-refractivity contribution in [1.82, 2.24) is 4.90 Å². The first-order valence-electron chi connectivity index (χ1n) is 8.72. The van der Waals surface area contributed by atoms with Crippen molar-refractivity contribution in [3.63, 3.8) is 0 Å². The summed E-state index contributed by atoms with van der Waals surface area (Å²) in [5.74, 6) is 1.58. The Morgan fingerprint density at radius 2 is 1.96 bits per heavy atom. The van der Waals surface area contributed by atoms with Gasteiger partial charge in [-0.2, -0.15) is 0 Å². The molecule has 0 aromatic heterocycles. The van der Waals surface area contributed by atoms with Crippen LogP contribution < -0.4 is 4.74 Å². The molecule has 0 radical (unpaired) electrons. The third kappa shape index (κ3) is 4.22. The van der Waals surface area contributed by atoms with E-state index in [0.717, 1.165) is 30.3 Å². The molecule has 0 unspecified atom stereocenters. The molecule has 0 amide bonds. The number of hydrogen-bond donors (Lipinski definition) is 0. The monoisotopic (exact) mass is 318 g/mol. The van der Waals surface area contributed by atoms with Crippen LogP contribution in [0.5, 0.6) is 5.75 Å². The molecule has 1 aromatic rings. The molecule has 1 aromatic carbocycles. The minimum Gasteiger partial charge on any atom is -0.496 e. The maximum atomic E-state index is 11.1. The fraction of sp³-hybridized carbons (Fsp3) is 0.667. The molecule has 0 atom stereocenters. The average molecular weight is 318 g/mol. The molecule has 5 nitrogen and oxygen atoms in total. The highest BCUT2D eigenvalue weighted by atomic mass is 16.6. The van der Waals surface area contributed by atoms with Crippen molar-refractivity contribution in [1.29, 1.82) is 0 Å². The highest BCUT2D eigenvalue weighted by molar-refractivity contribution is 5.43. The van der Waals surface area contributed by atoms with Crippen LogP contribution in [0.3, 0.4) is 0 Å². The van der Waals surface area contributed by atoms with Gasteiger partial charge in [0.15, 0.2) is 0 Å². The van der Waals surface area contributed by atoms with Crippen molar-refractivity contribution in [3.05, 3.63) is 33.9 Å². The minimum absolute atomic E-state index is 0.149. The van der Waals surface area contributed by atoms with Gasteiger partial charge in [0.05, 0.1) is 12.0 Å². The molecule has 126 valence electrons. The number of hydrogen-bond acceptors (Lipinski definition) is 4. The van der Waals surface area contributed by atoms with Gasteiger partial charge < -0.3 is 4.74 Å². The molecular formula is C18H26N2O3. The van der Waals surface area contributed by atoms with E-state index < -0.39 is 0 Å². The average Bonchev–Trinajstić information content (AvgIpc) is 3.39. The highest BCUT2D eigenvalue weighted by Gasteiger charge is 2.29. The Balaban J connectivity index is 1.79. The smallest absolute Gasteiger partial charge is 0.270 e. The van der Waals surface area contributed by atoms with Gasteiger partial charge in [-0.25, -0.2) is 0 Å². The Labute approximate surface area is 137 Å². The molecule has 2 aliphatic carbocycles. The van der Waals surface area contributed by atoms with E-state index in [1.165, 1.54) is 51.0 Å². The van der Waals surface area contributed by atoms with Crippen LogP contribution in [0.25, 0.3) is 0 Å². The second kappa shape index (κ2) is 7.30. The summed E-state index contributed by atoms with van der Waals surface area (Å²) in [6.07, 6.45) is 9.11. The number of methoxy groups -OCH3 is 1. The standard InChI is InChI=1S/C18H26N2O3/c1-23-18-10-9-17(20(21)22)11-15(18)13-19(12-14-7-8-14)16-5-3-2-4-6-16/h9-11,14,16H,2-8,12-13H2,1H3. The molecule has 3 rings (SSSR count). The Morgan fingerprint density at radius 3 is 2.57 bits per heavy atom. The number of non-ortho nitro benzene ring substituents is 1. The van der Waals surface area contributed by atoms with Crippen molar-refractivity contribution in [2.45, 2.75) is 57.5 Å².